The van der Waals surface area contributed by atoms with Gasteiger partial charge in [-0.1, -0.05) is 67.9 Å². The summed E-state index contributed by atoms with van der Waals surface area (Å²) >= 11 is 0.139. The van der Waals surface area contributed by atoms with Crippen LogP contribution in [-0.2, 0) is 42.6 Å². The zero-order valence-corrected chi connectivity index (χ0v) is 27.0. The number of amides is 1. The average Bonchev–Trinajstić information content (AvgIpc) is 3.69. The van der Waals surface area contributed by atoms with E-state index >= 15 is 0 Å². The first-order valence-corrected chi connectivity index (χ1v) is 15.8. The Balaban J connectivity index is 1.69. The van der Waals surface area contributed by atoms with Crippen LogP contribution in [-0.4, -0.2) is 51.4 Å². The normalized spacial score (nSPS) is 17.9. The third-order valence-electron chi connectivity index (χ3n) is 7.57. The molecule has 1 aromatic heterocycles. The Morgan fingerprint density at radius 1 is 1.00 bits per heavy atom. The quantitative estimate of drug-likeness (QED) is 0.0823. The molecule has 0 unspecified atom stereocenters. The van der Waals surface area contributed by atoms with E-state index in [1.807, 2.05) is 4.90 Å². The molecule has 0 fully saturated rings. The van der Waals surface area contributed by atoms with Gasteiger partial charge in [-0.15, -0.1) is 0 Å². The molecule has 1 aliphatic rings. The van der Waals surface area contributed by atoms with Gasteiger partial charge in [-0.3, -0.25) is 9.59 Å². The number of fused-ring (bicyclic) bond motifs is 1. The van der Waals surface area contributed by atoms with Gasteiger partial charge in [0.25, 0.3) is 5.56 Å². The van der Waals surface area contributed by atoms with Gasteiger partial charge in [-0.2, -0.15) is 18.2 Å². The van der Waals surface area contributed by atoms with Gasteiger partial charge in [0.05, 0.1) is 23.4 Å². The van der Waals surface area contributed by atoms with E-state index in [0.29, 0.717) is 24.4 Å². The molecule has 5 rings (SSSR count). The monoisotopic (exact) mass is 695 g/mol. The molecule has 1 heterocycles. The van der Waals surface area contributed by atoms with Crippen molar-refractivity contribution in [2.75, 3.05) is 26.2 Å². The molecule has 0 bridgehead atoms. The Kier molecular flexibility index (Phi) is 6.63. The first kappa shape index (κ1) is 20.5. The fourth-order valence-electron chi connectivity index (χ4n) is 4.97. The van der Waals surface area contributed by atoms with Crippen molar-refractivity contribution in [3.8, 4) is 11.1 Å². The van der Waals surface area contributed by atoms with Gasteiger partial charge in [-0.25, -0.2) is 4.39 Å². The maximum absolute atomic E-state index is 14.7. The molecular formula is C37H40F4N4O2S. The number of thioether (sulfide) groups is 1. The number of carbonyl (C=O) groups excluding carboxylic acids is 1. The number of halogens is 4. The highest BCUT2D eigenvalue weighted by Crippen LogP contribution is 2.32. The van der Waals surface area contributed by atoms with Crippen LogP contribution in [0.25, 0.3) is 11.1 Å². The smallest absolute Gasteiger partial charge is 0.336 e. The average molecular weight is 696 g/mol. The molecule has 0 aliphatic heterocycles. The second-order valence-electron chi connectivity index (χ2n) is 10.6. The van der Waals surface area contributed by atoms with E-state index in [9.17, 15) is 29.9 Å². The van der Waals surface area contributed by atoms with Crippen LogP contribution in [0.4, 0.5) is 17.6 Å². The first-order valence-electron chi connectivity index (χ1n) is 22.5. The molecule has 1 amide bonds. The standard InChI is InChI=1S/C37H40F4N4O2S/c1-4-43(5-2)19-20-44(22-29-12-11-28(21-25(29)3)27-13-15-30(16-14-27)37(39,40)41)34(46)23-45-33-8-6-7-32(33)35(47)42-36(45)48-24-26-9-17-31(38)18-10-26/h9-18,21H,4-8,19-20,22-24H2,1-3H3/i9D,10D,11D,12D,13D,14D,15D,16D,17D,18D,21D,22D2,24D2. The summed E-state index contributed by atoms with van der Waals surface area (Å²) in [6, 6.07) is -12.8. The molecule has 1 aliphatic carbocycles. The lowest BCUT2D eigenvalue weighted by Crippen LogP contribution is -2.40. The summed E-state index contributed by atoms with van der Waals surface area (Å²) < 4.78 is 185. The largest absolute Gasteiger partial charge is 0.416 e. The third kappa shape index (κ3) is 8.54. The second kappa shape index (κ2) is 15.5. The minimum absolute atomic E-state index is 0.0252. The number of benzene rings is 3. The molecule has 6 nitrogen and oxygen atoms in total. The third-order valence-corrected chi connectivity index (χ3v) is 8.37. The Morgan fingerprint density at radius 3 is 2.35 bits per heavy atom. The van der Waals surface area contributed by atoms with Crippen LogP contribution in [0.3, 0.4) is 0 Å². The van der Waals surface area contributed by atoms with E-state index in [1.165, 1.54) is 0 Å². The van der Waals surface area contributed by atoms with E-state index in [-0.39, 0.29) is 42.4 Å². The number of rotatable bonds is 13. The van der Waals surface area contributed by atoms with Crippen molar-refractivity contribution in [3.05, 3.63) is 116 Å². The van der Waals surface area contributed by atoms with Crippen molar-refractivity contribution >= 4 is 17.7 Å². The second-order valence-corrected chi connectivity index (χ2v) is 11.4. The molecular weight excluding hydrogens is 640 g/mol. The zero-order valence-electron chi connectivity index (χ0n) is 41.2. The molecule has 0 atom stereocenters. The molecule has 0 N–H and O–H groups in total. The number of likely N-dealkylation sites (N-methyl/N-ethyl adjacent to an activating group) is 1. The predicted molar refractivity (Wildman–Crippen MR) is 181 cm³/mol. The predicted octanol–water partition coefficient (Wildman–Crippen LogP) is 7.53. The summed E-state index contributed by atoms with van der Waals surface area (Å²) in [6.07, 6.45) is -4.52. The summed E-state index contributed by atoms with van der Waals surface area (Å²) in [7, 11) is 0. The highest BCUT2D eigenvalue weighted by atomic mass is 32.2. The van der Waals surface area contributed by atoms with Crippen molar-refractivity contribution in [2.24, 2.45) is 0 Å². The van der Waals surface area contributed by atoms with E-state index < -0.39 is 154 Å². The lowest BCUT2D eigenvalue weighted by Gasteiger charge is -2.28. The number of carbonyl (C=O) groups is 1. The molecule has 0 radical (unpaired) electrons. The Labute approximate surface area is 303 Å². The van der Waals surface area contributed by atoms with Crippen molar-refractivity contribution in [1.29, 1.82) is 0 Å². The van der Waals surface area contributed by atoms with E-state index in [0.717, 1.165) is 11.5 Å². The fraction of sp³-hybridized carbons (Fsp3) is 0.378. The highest BCUT2D eigenvalue weighted by Gasteiger charge is 2.30. The number of alkyl halides is 3. The minimum Gasteiger partial charge on any atom is -0.336 e. The summed E-state index contributed by atoms with van der Waals surface area (Å²) in [5.41, 5.74) is -8.92. The SMILES string of the molecule is [2H]c1c([2H])c(C([2H])([2H])Sc2nc(=O)c3c(n2CC(=O)N(CCN(CC)CC)C([2H])([2H])c2c([2H])c([2H])c(-c4c([2H])c([2H])c(C(F)(F)F)c([2H])c4[2H])c([2H])c2C)CCC3)c([2H])c([2H])c1F. The summed E-state index contributed by atoms with van der Waals surface area (Å²) in [5, 5.41) is -0.482. The number of hydrogen-bond donors (Lipinski definition) is 0. The van der Waals surface area contributed by atoms with Crippen molar-refractivity contribution < 1.29 is 42.9 Å². The number of nitrogens with zero attached hydrogens (tertiary/aromatic N) is 4. The van der Waals surface area contributed by atoms with E-state index in [1.54, 1.807) is 13.8 Å². The van der Waals surface area contributed by atoms with Gasteiger partial charge in [-0.05, 0) is 91.3 Å². The summed E-state index contributed by atoms with van der Waals surface area (Å²) in [4.78, 5) is 34.5. The molecule has 0 saturated carbocycles. The zero-order chi connectivity index (χ0) is 47.6. The van der Waals surface area contributed by atoms with E-state index in [2.05, 4.69) is 4.98 Å². The first-order chi connectivity index (χ1) is 29.1. The van der Waals surface area contributed by atoms with Gasteiger partial charge in [0.15, 0.2) is 5.16 Å². The Bertz CT molecular complexity index is 2500. The highest BCUT2D eigenvalue weighted by molar-refractivity contribution is 7.98. The van der Waals surface area contributed by atoms with E-state index in [4.69, 9.17) is 17.8 Å². The van der Waals surface area contributed by atoms with Crippen LogP contribution in [0.1, 0.15) is 74.3 Å². The minimum atomic E-state index is -5.31. The summed E-state index contributed by atoms with van der Waals surface area (Å²) in [6.45, 7) is 1.27. The topological polar surface area (TPSA) is 58.4 Å². The lowest BCUT2D eigenvalue weighted by molar-refractivity contribution is -0.137. The van der Waals surface area contributed by atoms with Crippen molar-refractivity contribution in [3.63, 3.8) is 0 Å². The molecule has 11 heteroatoms. The Morgan fingerprint density at radius 2 is 1.69 bits per heavy atom. The van der Waals surface area contributed by atoms with Crippen molar-refractivity contribution in [2.45, 2.75) is 70.1 Å². The number of aromatic nitrogens is 2. The number of hydrogen-bond acceptors (Lipinski definition) is 5. The van der Waals surface area contributed by atoms with Crippen LogP contribution >= 0.6 is 11.8 Å². The van der Waals surface area contributed by atoms with Gasteiger partial charge < -0.3 is 14.4 Å². The van der Waals surface area contributed by atoms with Gasteiger partial charge in [0.1, 0.15) is 12.4 Å². The molecule has 0 spiro atoms. The van der Waals surface area contributed by atoms with Crippen LogP contribution in [0.2, 0.25) is 0 Å². The van der Waals surface area contributed by atoms with Gasteiger partial charge in [0.2, 0.25) is 5.91 Å². The van der Waals surface area contributed by atoms with Crippen LogP contribution in [0.15, 0.2) is 76.4 Å². The van der Waals surface area contributed by atoms with Crippen LogP contribution < -0.4 is 5.56 Å². The van der Waals surface area contributed by atoms with Crippen LogP contribution in [0, 0.1) is 12.7 Å². The van der Waals surface area contributed by atoms with Gasteiger partial charge >= 0.3 is 6.18 Å². The molecule has 48 heavy (non-hydrogen) atoms. The van der Waals surface area contributed by atoms with Gasteiger partial charge in [0, 0.05) is 39.3 Å². The molecule has 3 aromatic carbocycles. The molecule has 4 aromatic rings. The maximum atomic E-state index is 14.7. The fourth-order valence-corrected chi connectivity index (χ4v) is 5.68. The van der Waals surface area contributed by atoms with Crippen molar-refractivity contribution in [1.82, 2.24) is 19.4 Å². The lowest BCUT2D eigenvalue weighted by atomic mass is 9.98. The van der Waals surface area contributed by atoms with Crippen LogP contribution in [0.5, 0.6) is 0 Å². The Hall–Kier alpha value is -3.96. The molecule has 0 saturated heterocycles. The molecule has 254 valence electrons. The summed E-state index contributed by atoms with van der Waals surface area (Å²) in [5.74, 6) is -2.57. The maximum Gasteiger partial charge on any atom is 0.416 e.